The van der Waals surface area contributed by atoms with Crippen molar-refractivity contribution in [2.45, 2.75) is 49.6 Å². The molecule has 1 saturated carbocycles. The number of hydrogen-bond donors (Lipinski definition) is 3. The van der Waals surface area contributed by atoms with E-state index in [4.69, 9.17) is 4.74 Å². The van der Waals surface area contributed by atoms with Crippen molar-refractivity contribution in [3.63, 3.8) is 0 Å². The number of sulfonamides is 1. The number of benzene rings is 1. The van der Waals surface area contributed by atoms with Crippen molar-refractivity contribution in [2.24, 2.45) is 0 Å². The number of methoxy groups -OCH3 is 1. The molecule has 0 spiro atoms. The first-order valence-corrected chi connectivity index (χ1v) is 11.6. The summed E-state index contributed by atoms with van der Waals surface area (Å²) in [5.74, 6) is 0. The Bertz CT molecular complexity index is 869. The lowest BCUT2D eigenvalue weighted by Crippen LogP contribution is -2.27. The van der Waals surface area contributed by atoms with Crippen LogP contribution in [0.4, 0.5) is 11.4 Å². The van der Waals surface area contributed by atoms with E-state index in [-0.39, 0.29) is 11.4 Å². The summed E-state index contributed by atoms with van der Waals surface area (Å²) in [6.07, 6.45) is 9.53. The molecule has 8 heteroatoms. The van der Waals surface area contributed by atoms with Crippen LogP contribution in [0.15, 0.2) is 47.6 Å². The number of ether oxygens (including phenoxy) is 1. The first kappa shape index (κ1) is 21.5. The second-order valence-electron chi connectivity index (χ2n) is 7.29. The van der Waals surface area contributed by atoms with Gasteiger partial charge in [-0.2, -0.15) is 0 Å². The topological polar surface area (TPSA) is 92.3 Å². The van der Waals surface area contributed by atoms with Gasteiger partial charge in [0.25, 0.3) is 0 Å². The Labute approximate surface area is 173 Å². The molecule has 3 N–H and O–H groups in total. The van der Waals surface area contributed by atoms with Crippen LogP contribution in [0, 0.1) is 0 Å². The van der Waals surface area contributed by atoms with Gasteiger partial charge in [0, 0.05) is 38.6 Å². The molecule has 0 amide bonds. The van der Waals surface area contributed by atoms with E-state index in [1.807, 2.05) is 18.2 Å². The van der Waals surface area contributed by atoms with Crippen LogP contribution in [0.2, 0.25) is 0 Å². The molecule has 0 unspecified atom stereocenters. The highest BCUT2D eigenvalue weighted by Gasteiger charge is 2.18. The predicted octanol–water partition coefficient (Wildman–Crippen LogP) is 3.36. The quantitative estimate of drug-likeness (QED) is 0.513. The minimum Gasteiger partial charge on any atom is -0.383 e. The molecule has 0 atom stereocenters. The summed E-state index contributed by atoms with van der Waals surface area (Å²) >= 11 is 0. The van der Waals surface area contributed by atoms with Crippen LogP contribution in [0.3, 0.4) is 0 Å². The average Bonchev–Trinajstić information content (AvgIpc) is 2.74. The Hall–Kier alpha value is -2.16. The van der Waals surface area contributed by atoms with E-state index < -0.39 is 10.0 Å². The first-order valence-electron chi connectivity index (χ1n) is 10.1. The molecule has 0 aliphatic heterocycles. The summed E-state index contributed by atoms with van der Waals surface area (Å²) in [5, 5.41) is 7.00. The van der Waals surface area contributed by atoms with Gasteiger partial charge in [0.1, 0.15) is 0 Å². The predicted molar refractivity (Wildman–Crippen MR) is 116 cm³/mol. The number of pyridine rings is 1. The molecule has 0 radical (unpaired) electrons. The smallest absolute Gasteiger partial charge is 0.240 e. The van der Waals surface area contributed by atoms with Gasteiger partial charge < -0.3 is 15.4 Å². The Kier molecular flexibility index (Phi) is 7.85. The fraction of sp³-hybridized carbons (Fsp3) is 0.476. The zero-order valence-corrected chi connectivity index (χ0v) is 17.7. The number of aromatic nitrogens is 1. The zero-order chi connectivity index (χ0) is 20.5. The third kappa shape index (κ3) is 6.42. The molecule has 0 saturated heterocycles. The van der Waals surface area contributed by atoms with Gasteiger partial charge in [-0.3, -0.25) is 4.98 Å². The number of anilines is 2. The van der Waals surface area contributed by atoms with Crippen molar-refractivity contribution in [3.8, 4) is 0 Å². The van der Waals surface area contributed by atoms with Crippen LogP contribution in [0.25, 0.3) is 0 Å². The normalized spacial score (nSPS) is 15.2. The molecule has 3 rings (SSSR count). The highest BCUT2D eigenvalue weighted by Crippen LogP contribution is 2.29. The van der Waals surface area contributed by atoms with Gasteiger partial charge in [-0.1, -0.05) is 19.3 Å². The van der Waals surface area contributed by atoms with Gasteiger partial charge in [0.15, 0.2) is 0 Å². The van der Waals surface area contributed by atoms with Gasteiger partial charge in [0.2, 0.25) is 10.0 Å². The van der Waals surface area contributed by atoms with Crippen LogP contribution in [0.1, 0.15) is 37.7 Å². The maximum Gasteiger partial charge on any atom is 0.240 e. The molecule has 1 aromatic carbocycles. The van der Waals surface area contributed by atoms with Crippen LogP contribution in [0.5, 0.6) is 0 Å². The fourth-order valence-electron chi connectivity index (χ4n) is 3.49. The van der Waals surface area contributed by atoms with E-state index in [0.29, 0.717) is 19.2 Å². The Balaban J connectivity index is 1.80. The maximum atomic E-state index is 12.6. The minimum atomic E-state index is -3.60. The summed E-state index contributed by atoms with van der Waals surface area (Å²) < 4.78 is 32.7. The largest absolute Gasteiger partial charge is 0.383 e. The van der Waals surface area contributed by atoms with Crippen molar-refractivity contribution in [1.29, 1.82) is 0 Å². The highest BCUT2D eigenvalue weighted by molar-refractivity contribution is 7.89. The Morgan fingerprint density at radius 3 is 2.55 bits per heavy atom. The number of hydrogen-bond acceptors (Lipinski definition) is 6. The van der Waals surface area contributed by atoms with Crippen LogP contribution in [-0.2, 0) is 21.3 Å². The van der Waals surface area contributed by atoms with Gasteiger partial charge in [0.05, 0.1) is 22.9 Å². The molecule has 1 aliphatic rings. The SMILES string of the molecule is COCCNS(=O)(=O)c1ccc(NC2CCCCC2)c(NCc2ccncc2)c1. The van der Waals surface area contributed by atoms with Crippen molar-refractivity contribution >= 4 is 21.4 Å². The van der Waals surface area contributed by atoms with Crippen molar-refractivity contribution in [3.05, 3.63) is 48.3 Å². The minimum absolute atomic E-state index is 0.236. The molecule has 1 aromatic heterocycles. The third-order valence-corrected chi connectivity index (χ3v) is 6.56. The molecular weight excluding hydrogens is 388 g/mol. The number of nitrogens with one attached hydrogen (secondary N) is 3. The average molecular weight is 419 g/mol. The molecule has 1 heterocycles. The second-order valence-corrected chi connectivity index (χ2v) is 9.05. The van der Waals surface area contributed by atoms with E-state index in [9.17, 15) is 8.42 Å². The van der Waals surface area contributed by atoms with Gasteiger partial charge in [-0.05, 0) is 48.7 Å². The molecule has 1 fully saturated rings. The zero-order valence-electron chi connectivity index (χ0n) is 16.9. The molecule has 29 heavy (non-hydrogen) atoms. The Morgan fingerprint density at radius 1 is 1.07 bits per heavy atom. The molecule has 158 valence electrons. The number of nitrogens with zero attached hydrogens (tertiary/aromatic N) is 1. The molecular formula is C21H30N4O3S. The van der Waals surface area contributed by atoms with E-state index in [2.05, 4.69) is 20.3 Å². The van der Waals surface area contributed by atoms with Crippen molar-refractivity contribution < 1.29 is 13.2 Å². The van der Waals surface area contributed by atoms with Crippen LogP contribution >= 0.6 is 0 Å². The third-order valence-electron chi connectivity index (χ3n) is 5.10. The van der Waals surface area contributed by atoms with Gasteiger partial charge in [-0.15, -0.1) is 0 Å². The van der Waals surface area contributed by atoms with E-state index in [1.54, 1.807) is 31.6 Å². The lowest BCUT2D eigenvalue weighted by Gasteiger charge is -2.25. The fourth-order valence-corrected chi connectivity index (χ4v) is 4.53. The molecule has 7 nitrogen and oxygen atoms in total. The van der Waals surface area contributed by atoms with Crippen LogP contribution in [-0.4, -0.2) is 39.7 Å². The second kappa shape index (κ2) is 10.6. The lowest BCUT2D eigenvalue weighted by atomic mass is 9.95. The lowest BCUT2D eigenvalue weighted by molar-refractivity contribution is 0.204. The molecule has 0 bridgehead atoms. The monoisotopic (exact) mass is 418 g/mol. The standard InChI is InChI=1S/C21H30N4O3S/c1-28-14-13-24-29(26,27)19-7-8-20(25-18-5-3-2-4-6-18)21(15-19)23-16-17-9-11-22-12-10-17/h7-12,15,18,23-25H,2-6,13-14,16H2,1H3. The van der Waals surface area contributed by atoms with Crippen molar-refractivity contribution in [2.75, 3.05) is 30.9 Å². The van der Waals surface area contributed by atoms with Crippen molar-refractivity contribution in [1.82, 2.24) is 9.71 Å². The highest BCUT2D eigenvalue weighted by atomic mass is 32.2. The maximum absolute atomic E-state index is 12.6. The molecule has 2 aromatic rings. The number of rotatable bonds is 10. The van der Waals surface area contributed by atoms with E-state index in [0.717, 1.165) is 29.8 Å². The summed E-state index contributed by atoms with van der Waals surface area (Å²) in [6.45, 7) is 1.15. The Morgan fingerprint density at radius 2 is 1.83 bits per heavy atom. The van der Waals surface area contributed by atoms with Crippen LogP contribution < -0.4 is 15.4 Å². The van der Waals surface area contributed by atoms with E-state index in [1.165, 1.54) is 19.3 Å². The molecule has 1 aliphatic carbocycles. The summed E-state index contributed by atoms with van der Waals surface area (Å²) in [5.41, 5.74) is 2.79. The summed E-state index contributed by atoms with van der Waals surface area (Å²) in [7, 11) is -2.05. The summed E-state index contributed by atoms with van der Waals surface area (Å²) in [6, 6.07) is 9.50. The summed E-state index contributed by atoms with van der Waals surface area (Å²) in [4.78, 5) is 4.28. The first-order chi connectivity index (χ1) is 14.1. The van der Waals surface area contributed by atoms with Gasteiger partial charge >= 0.3 is 0 Å². The van der Waals surface area contributed by atoms with Gasteiger partial charge in [-0.25, -0.2) is 13.1 Å². The van der Waals surface area contributed by atoms with E-state index >= 15 is 0 Å².